The van der Waals surface area contributed by atoms with Crippen molar-refractivity contribution in [3.8, 4) is 0 Å². The maximum atomic E-state index is 12.4. The van der Waals surface area contributed by atoms with E-state index in [9.17, 15) is 4.79 Å². The van der Waals surface area contributed by atoms with Gasteiger partial charge in [-0.2, -0.15) is 0 Å². The lowest BCUT2D eigenvalue weighted by Crippen LogP contribution is -2.35. The highest BCUT2D eigenvalue weighted by molar-refractivity contribution is 5.85. The van der Waals surface area contributed by atoms with Crippen LogP contribution in [0.15, 0.2) is 0 Å². The van der Waals surface area contributed by atoms with Crippen molar-refractivity contribution in [3.63, 3.8) is 0 Å². The molecule has 2 heterocycles. The molecule has 0 aromatic rings. The van der Waals surface area contributed by atoms with Crippen molar-refractivity contribution in [1.29, 1.82) is 0 Å². The maximum absolute atomic E-state index is 12.4. The molecule has 0 aliphatic carbocycles. The van der Waals surface area contributed by atoms with E-state index in [1.807, 2.05) is 0 Å². The van der Waals surface area contributed by atoms with Crippen LogP contribution in [0, 0.1) is 23.2 Å². The van der Waals surface area contributed by atoms with Gasteiger partial charge in [0.15, 0.2) is 0 Å². The molecule has 0 radical (unpaired) electrons. The van der Waals surface area contributed by atoms with Crippen molar-refractivity contribution in [2.24, 2.45) is 23.2 Å². The Labute approximate surface area is 130 Å². The molecular weight excluding hydrogens is 272 g/mol. The summed E-state index contributed by atoms with van der Waals surface area (Å²) in [7, 11) is 0. The van der Waals surface area contributed by atoms with Gasteiger partial charge in [-0.15, -0.1) is 12.4 Å². The van der Waals surface area contributed by atoms with Crippen LogP contribution < -0.4 is 5.32 Å². The second-order valence-corrected chi connectivity index (χ2v) is 7.61. The summed E-state index contributed by atoms with van der Waals surface area (Å²) in [5.74, 6) is 2.43. The predicted octanol–water partition coefficient (Wildman–Crippen LogP) is 2.94. The van der Waals surface area contributed by atoms with E-state index in [1.165, 1.54) is 12.8 Å². The van der Waals surface area contributed by atoms with E-state index in [0.29, 0.717) is 18.2 Å². The SMILES string of the molecule is CC(CC(=O)N1CC[C@@H]2CNC[C@@H]2CC1)C(C)(C)C.Cl. The van der Waals surface area contributed by atoms with Gasteiger partial charge >= 0.3 is 0 Å². The van der Waals surface area contributed by atoms with Crippen LogP contribution in [0.4, 0.5) is 0 Å². The van der Waals surface area contributed by atoms with Crippen molar-refractivity contribution in [1.82, 2.24) is 10.2 Å². The minimum atomic E-state index is 0. The van der Waals surface area contributed by atoms with Crippen LogP contribution in [-0.2, 0) is 4.79 Å². The summed E-state index contributed by atoms with van der Waals surface area (Å²) >= 11 is 0. The summed E-state index contributed by atoms with van der Waals surface area (Å²) in [5, 5.41) is 3.48. The number of rotatable bonds is 2. The van der Waals surface area contributed by atoms with Crippen LogP contribution in [0.1, 0.15) is 47.0 Å². The number of hydrogen-bond acceptors (Lipinski definition) is 2. The van der Waals surface area contributed by atoms with Crippen LogP contribution in [0.25, 0.3) is 0 Å². The van der Waals surface area contributed by atoms with Crippen LogP contribution in [0.5, 0.6) is 0 Å². The number of hydrogen-bond donors (Lipinski definition) is 1. The van der Waals surface area contributed by atoms with E-state index in [-0.39, 0.29) is 17.8 Å². The summed E-state index contributed by atoms with van der Waals surface area (Å²) in [6.45, 7) is 13.1. The van der Waals surface area contributed by atoms with E-state index in [2.05, 4.69) is 37.9 Å². The fraction of sp³-hybridized carbons (Fsp3) is 0.938. The summed E-state index contributed by atoms with van der Waals surface area (Å²) in [6.07, 6.45) is 3.08. The number of halogens is 1. The molecule has 1 N–H and O–H groups in total. The lowest BCUT2D eigenvalue weighted by molar-refractivity contribution is -0.132. The third-order valence-electron chi connectivity index (χ3n) is 5.33. The molecule has 2 aliphatic heterocycles. The van der Waals surface area contributed by atoms with Crippen LogP contribution in [-0.4, -0.2) is 37.0 Å². The fourth-order valence-corrected chi connectivity index (χ4v) is 3.16. The standard InChI is InChI=1S/C16H30N2O.ClH/c1-12(16(2,3)4)9-15(19)18-7-5-13-10-17-11-14(13)6-8-18;/h12-14,17H,5-11H2,1-4H3;1H/t12?,13-,14+;. The molecular formula is C16H31ClN2O. The smallest absolute Gasteiger partial charge is 0.222 e. The van der Waals surface area contributed by atoms with Crippen LogP contribution >= 0.6 is 12.4 Å². The Balaban J connectivity index is 0.00000200. The van der Waals surface area contributed by atoms with E-state index >= 15 is 0 Å². The van der Waals surface area contributed by atoms with E-state index < -0.39 is 0 Å². The molecule has 2 rings (SSSR count). The molecule has 4 heteroatoms. The Morgan fingerprint density at radius 1 is 1.20 bits per heavy atom. The van der Waals surface area contributed by atoms with E-state index in [0.717, 1.165) is 38.0 Å². The Kier molecular flexibility index (Phi) is 6.33. The minimum absolute atomic E-state index is 0. The van der Waals surface area contributed by atoms with Gasteiger partial charge in [0.25, 0.3) is 0 Å². The number of nitrogens with one attached hydrogen (secondary N) is 1. The quantitative estimate of drug-likeness (QED) is 0.850. The predicted molar refractivity (Wildman–Crippen MR) is 86.1 cm³/mol. The zero-order chi connectivity index (χ0) is 14.0. The first kappa shape index (κ1) is 17.8. The molecule has 2 fully saturated rings. The number of likely N-dealkylation sites (tertiary alicyclic amines) is 1. The Morgan fingerprint density at radius 2 is 1.70 bits per heavy atom. The van der Waals surface area contributed by atoms with Gasteiger partial charge in [-0.1, -0.05) is 27.7 Å². The zero-order valence-corrected chi connectivity index (χ0v) is 14.3. The highest BCUT2D eigenvalue weighted by Gasteiger charge is 2.32. The highest BCUT2D eigenvalue weighted by atomic mass is 35.5. The van der Waals surface area contributed by atoms with Gasteiger partial charge in [-0.05, 0) is 49.1 Å². The molecule has 0 spiro atoms. The first-order chi connectivity index (χ1) is 8.88. The first-order valence-electron chi connectivity index (χ1n) is 7.86. The number of fused-ring (bicyclic) bond motifs is 1. The fourth-order valence-electron chi connectivity index (χ4n) is 3.16. The zero-order valence-electron chi connectivity index (χ0n) is 13.4. The third-order valence-corrected chi connectivity index (χ3v) is 5.33. The molecule has 1 unspecified atom stereocenters. The maximum Gasteiger partial charge on any atom is 0.222 e. The van der Waals surface area contributed by atoms with Gasteiger partial charge in [0.2, 0.25) is 5.91 Å². The first-order valence-corrected chi connectivity index (χ1v) is 7.86. The molecule has 0 bridgehead atoms. The van der Waals surface area contributed by atoms with Crippen molar-refractivity contribution in [2.45, 2.75) is 47.0 Å². The monoisotopic (exact) mass is 302 g/mol. The minimum Gasteiger partial charge on any atom is -0.343 e. The average molecular weight is 303 g/mol. The van der Waals surface area contributed by atoms with Gasteiger partial charge in [0, 0.05) is 19.5 Å². The molecule has 2 saturated heterocycles. The van der Waals surface area contributed by atoms with Gasteiger partial charge in [0.1, 0.15) is 0 Å². The molecule has 0 aromatic carbocycles. The van der Waals surface area contributed by atoms with Crippen molar-refractivity contribution < 1.29 is 4.79 Å². The molecule has 3 atom stereocenters. The normalized spacial score (nSPS) is 28.3. The molecule has 2 aliphatic rings. The summed E-state index contributed by atoms with van der Waals surface area (Å²) in [5.41, 5.74) is 0.224. The Bertz CT molecular complexity index is 313. The molecule has 0 aromatic heterocycles. The lowest BCUT2D eigenvalue weighted by atomic mass is 9.80. The summed E-state index contributed by atoms with van der Waals surface area (Å²) in [6, 6.07) is 0. The molecule has 0 saturated carbocycles. The molecule has 3 nitrogen and oxygen atoms in total. The second-order valence-electron chi connectivity index (χ2n) is 7.61. The second kappa shape index (κ2) is 7.13. The summed E-state index contributed by atoms with van der Waals surface area (Å²) in [4.78, 5) is 14.6. The van der Waals surface area contributed by atoms with E-state index in [4.69, 9.17) is 0 Å². The number of carbonyl (C=O) groups excluding carboxylic acids is 1. The summed E-state index contributed by atoms with van der Waals surface area (Å²) < 4.78 is 0. The Hall–Kier alpha value is -0.280. The van der Waals surface area contributed by atoms with Crippen molar-refractivity contribution >= 4 is 18.3 Å². The van der Waals surface area contributed by atoms with Gasteiger partial charge < -0.3 is 10.2 Å². The van der Waals surface area contributed by atoms with Gasteiger partial charge in [-0.3, -0.25) is 4.79 Å². The van der Waals surface area contributed by atoms with E-state index in [1.54, 1.807) is 0 Å². The van der Waals surface area contributed by atoms with Crippen molar-refractivity contribution in [2.75, 3.05) is 26.2 Å². The third kappa shape index (κ3) is 4.36. The highest BCUT2D eigenvalue weighted by Crippen LogP contribution is 2.30. The number of nitrogens with zero attached hydrogens (tertiary/aromatic N) is 1. The van der Waals surface area contributed by atoms with Crippen LogP contribution in [0.2, 0.25) is 0 Å². The number of carbonyl (C=O) groups is 1. The number of amides is 1. The Morgan fingerprint density at radius 3 is 2.15 bits per heavy atom. The van der Waals surface area contributed by atoms with Gasteiger partial charge in [-0.25, -0.2) is 0 Å². The van der Waals surface area contributed by atoms with Crippen LogP contribution in [0.3, 0.4) is 0 Å². The van der Waals surface area contributed by atoms with Gasteiger partial charge in [0.05, 0.1) is 0 Å². The lowest BCUT2D eigenvalue weighted by Gasteiger charge is -2.29. The van der Waals surface area contributed by atoms with Crippen molar-refractivity contribution in [3.05, 3.63) is 0 Å². The molecule has 118 valence electrons. The largest absolute Gasteiger partial charge is 0.343 e. The topological polar surface area (TPSA) is 32.3 Å². The molecule has 20 heavy (non-hydrogen) atoms. The average Bonchev–Trinajstić information content (AvgIpc) is 2.66. The molecule has 1 amide bonds.